The summed E-state index contributed by atoms with van der Waals surface area (Å²) >= 11 is 5.56. The fourth-order valence-corrected chi connectivity index (χ4v) is 2.00. The second kappa shape index (κ2) is 4.64. The van der Waals surface area contributed by atoms with Crippen molar-refractivity contribution < 1.29 is 23.1 Å². The van der Waals surface area contributed by atoms with Gasteiger partial charge in [0.15, 0.2) is 5.60 Å². The van der Waals surface area contributed by atoms with Crippen molar-refractivity contribution in [2.75, 3.05) is 13.1 Å². The molecule has 0 spiro atoms. The summed E-state index contributed by atoms with van der Waals surface area (Å²) in [7, 11) is 0. The number of pyridine rings is 1. The predicted molar refractivity (Wildman–Crippen MR) is 60.8 cm³/mol. The van der Waals surface area contributed by atoms with Crippen LogP contribution in [0.5, 0.6) is 0 Å². The second-order valence-electron chi connectivity index (χ2n) is 4.38. The summed E-state index contributed by atoms with van der Waals surface area (Å²) in [5, 5.41) is 9.67. The Hall–Kier alpha value is -1.34. The molecule has 0 radical (unpaired) electrons. The Morgan fingerprint density at radius 3 is 2.63 bits per heavy atom. The van der Waals surface area contributed by atoms with Gasteiger partial charge in [0, 0.05) is 19.2 Å². The van der Waals surface area contributed by atoms with Gasteiger partial charge in [0.05, 0.1) is 12.1 Å². The van der Waals surface area contributed by atoms with E-state index in [9.17, 15) is 23.1 Å². The Morgan fingerprint density at radius 1 is 1.47 bits per heavy atom. The third-order valence-corrected chi connectivity index (χ3v) is 3.26. The van der Waals surface area contributed by atoms with Gasteiger partial charge in [0.2, 0.25) is 0 Å². The van der Waals surface area contributed by atoms with Crippen LogP contribution >= 0.6 is 11.6 Å². The average molecular weight is 295 g/mol. The van der Waals surface area contributed by atoms with Crippen LogP contribution in [0.4, 0.5) is 13.2 Å². The number of carbonyl (C=O) groups excluding carboxylic acids is 1. The van der Waals surface area contributed by atoms with Crippen molar-refractivity contribution in [1.82, 2.24) is 9.88 Å². The lowest BCUT2D eigenvalue weighted by Crippen LogP contribution is -2.48. The molecule has 1 fully saturated rings. The van der Waals surface area contributed by atoms with E-state index < -0.39 is 30.7 Å². The third kappa shape index (κ3) is 2.66. The SMILES string of the molecule is O=C(c1ccc(Cl)nc1)N1CC[C@](O)(C(F)(F)F)C1. The summed E-state index contributed by atoms with van der Waals surface area (Å²) in [6.07, 6.45) is -4.08. The summed E-state index contributed by atoms with van der Waals surface area (Å²) in [6, 6.07) is 2.75. The first-order chi connectivity index (χ1) is 8.73. The molecule has 1 N–H and O–H groups in total. The van der Waals surface area contributed by atoms with E-state index in [2.05, 4.69) is 4.98 Å². The lowest BCUT2D eigenvalue weighted by Gasteiger charge is -2.25. The summed E-state index contributed by atoms with van der Waals surface area (Å²) in [6.45, 7) is -0.921. The normalized spacial score (nSPS) is 23.7. The Bertz CT molecular complexity index is 492. The number of carbonyl (C=O) groups is 1. The van der Waals surface area contributed by atoms with Gasteiger partial charge in [0.1, 0.15) is 5.15 Å². The topological polar surface area (TPSA) is 53.4 Å². The molecule has 1 amide bonds. The van der Waals surface area contributed by atoms with Crippen molar-refractivity contribution in [3.8, 4) is 0 Å². The van der Waals surface area contributed by atoms with Crippen LogP contribution in [0.2, 0.25) is 5.15 Å². The molecule has 2 rings (SSSR count). The number of nitrogens with zero attached hydrogens (tertiary/aromatic N) is 2. The maximum Gasteiger partial charge on any atom is 0.419 e. The molecule has 19 heavy (non-hydrogen) atoms. The molecule has 1 aliphatic rings. The van der Waals surface area contributed by atoms with Gasteiger partial charge in [-0.3, -0.25) is 4.79 Å². The molecule has 1 aliphatic heterocycles. The molecule has 2 heterocycles. The number of amides is 1. The zero-order valence-electron chi connectivity index (χ0n) is 9.62. The van der Waals surface area contributed by atoms with Crippen molar-refractivity contribution in [3.05, 3.63) is 29.0 Å². The molecule has 0 aliphatic carbocycles. The number of likely N-dealkylation sites (tertiary alicyclic amines) is 1. The van der Waals surface area contributed by atoms with Crippen LogP contribution in [0.25, 0.3) is 0 Å². The Kier molecular flexibility index (Phi) is 3.44. The van der Waals surface area contributed by atoms with Gasteiger partial charge in [-0.1, -0.05) is 11.6 Å². The van der Waals surface area contributed by atoms with Gasteiger partial charge < -0.3 is 10.0 Å². The van der Waals surface area contributed by atoms with E-state index >= 15 is 0 Å². The number of aliphatic hydroxyl groups is 1. The molecular formula is C11H10ClF3N2O2. The number of hydrogen-bond acceptors (Lipinski definition) is 3. The number of rotatable bonds is 1. The highest BCUT2D eigenvalue weighted by atomic mass is 35.5. The summed E-state index contributed by atoms with van der Waals surface area (Å²) in [5.41, 5.74) is -2.70. The first kappa shape index (κ1) is 14.1. The minimum Gasteiger partial charge on any atom is -0.379 e. The Morgan fingerprint density at radius 2 is 2.16 bits per heavy atom. The second-order valence-corrected chi connectivity index (χ2v) is 4.76. The highest BCUT2D eigenvalue weighted by molar-refractivity contribution is 6.29. The van der Waals surface area contributed by atoms with Gasteiger partial charge in [-0.15, -0.1) is 0 Å². The largest absolute Gasteiger partial charge is 0.419 e. The predicted octanol–water partition coefficient (Wildman–Crippen LogP) is 1.87. The van der Waals surface area contributed by atoms with Crippen LogP contribution in [0.15, 0.2) is 18.3 Å². The highest BCUT2D eigenvalue weighted by Crippen LogP contribution is 2.37. The Balaban J connectivity index is 2.13. The standard InChI is InChI=1S/C11H10ClF3N2O2/c12-8-2-1-7(5-16-8)9(18)17-4-3-10(19,6-17)11(13,14)15/h1-2,5,19H,3-4,6H2/t10-/m1/s1. The Labute approximate surface area is 111 Å². The molecule has 0 unspecified atom stereocenters. The number of hydrogen-bond donors (Lipinski definition) is 1. The molecule has 1 saturated heterocycles. The van der Waals surface area contributed by atoms with Gasteiger partial charge in [-0.05, 0) is 12.1 Å². The van der Waals surface area contributed by atoms with Crippen LogP contribution in [-0.4, -0.2) is 45.8 Å². The smallest absolute Gasteiger partial charge is 0.379 e. The van der Waals surface area contributed by atoms with E-state index in [1.54, 1.807) is 0 Å². The van der Waals surface area contributed by atoms with Crippen molar-refractivity contribution >= 4 is 17.5 Å². The third-order valence-electron chi connectivity index (χ3n) is 3.04. The highest BCUT2D eigenvalue weighted by Gasteiger charge is 2.57. The van der Waals surface area contributed by atoms with Crippen molar-refractivity contribution in [2.45, 2.75) is 18.2 Å². The van der Waals surface area contributed by atoms with Gasteiger partial charge >= 0.3 is 6.18 Å². The maximum atomic E-state index is 12.6. The van der Waals surface area contributed by atoms with E-state index in [1.807, 2.05) is 0 Å². The van der Waals surface area contributed by atoms with Crippen LogP contribution < -0.4 is 0 Å². The first-order valence-corrected chi connectivity index (χ1v) is 5.81. The zero-order valence-corrected chi connectivity index (χ0v) is 10.4. The molecule has 0 bridgehead atoms. The summed E-state index contributed by atoms with van der Waals surface area (Å²) in [5.74, 6) is -0.607. The monoisotopic (exact) mass is 294 g/mol. The number of β-amino-alcohol motifs (C(OH)–C–C–N with tert-alkyl or cyclic N) is 1. The van der Waals surface area contributed by atoms with E-state index in [4.69, 9.17) is 11.6 Å². The molecule has 8 heteroatoms. The average Bonchev–Trinajstić information content (AvgIpc) is 2.73. The van der Waals surface area contributed by atoms with Gasteiger partial charge in [0.25, 0.3) is 5.91 Å². The number of halogens is 4. The molecule has 1 atom stereocenters. The lowest BCUT2D eigenvalue weighted by atomic mass is 10.0. The van der Waals surface area contributed by atoms with E-state index in [0.29, 0.717) is 0 Å². The minimum atomic E-state index is -4.75. The molecular weight excluding hydrogens is 285 g/mol. The summed E-state index contributed by atoms with van der Waals surface area (Å²) in [4.78, 5) is 16.6. The van der Waals surface area contributed by atoms with Crippen molar-refractivity contribution in [2.24, 2.45) is 0 Å². The quantitative estimate of drug-likeness (QED) is 0.805. The fraction of sp³-hybridized carbons (Fsp3) is 0.455. The number of aromatic nitrogens is 1. The molecule has 1 aromatic rings. The summed E-state index contributed by atoms with van der Waals surface area (Å²) < 4.78 is 37.9. The fourth-order valence-electron chi connectivity index (χ4n) is 1.88. The lowest BCUT2D eigenvalue weighted by molar-refractivity contribution is -0.253. The van der Waals surface area contributed by atoms with Crippen LogP contribution in [0.3, 0.4) is 0 Å². The van der Waals surface area contributed by atoms with Gasteiger partial charge in [-0.2, -0.15) is 13.2 Å². The van der Waals surface area contributed by atoms with E-state index in [0.717, 1.165) is 4.90 Å². The molecule has 0 saturated carbocycles. The van der Waals surface area contributed by atoms with Crippen molar-refractivity contribution in [1.29, 1.82) is 0 Å². The van der Waals surface area contributed by atoms with Gasteiger partial charge in [-0.25, -0.2) is 4.98 Å². The van der Waals surface area contributed by atoms with Crippen LogP contribution in [-0.2, 0) is 0 Å². The van der Waals surface area contributed by atoms with E-state index in [1.165, 1.54) is 18.3 Å². The van der Waals surface area contributed by atoms with Crippen molar-refractivity contribution in [3.63, 3.8) is 0 Å². The first-order valence-electron chi connectivity index (χ1n) is 5.43. The molecule has 1 aromatic heterocycles. The maximum absolute atomic E-state index is 12.6. The van der Waals surface area contributed by atoms with E-state index in [-0.39, 0.29) is 17.3 Å². The molecule has 0 aromatic carbocycles. The molecule has 4 nitrogen and oxygen atoms in total. The van der Waals surface area contributed by atoms with Crippen LogP contribution in [0, 0.1) is 0 Å². The zero-order chi connectivity index (χ0) is 14.3. The minimum absolute atomic E-state index is 0.135. The number of alkyl halides is 3. The molecule has 104 valence electrons. The van der Waals surface area contributed by atoms with Crippen LogP contribution in [0.1, 0.15) is 16.8 Å².